The highest BCUT2D eigenvalue weighted by Gasteiger charge is 2.71. The minimum atomic E-state index is -4.77. The lowest BCUT2D eigenvalue weighted by Crippen LogP contribution is -2.53. The van der Waals surface area contributed by atoms with Gasteiger partial charge in [-0.25, -0.2) is 4.98 Å². The third-order valence-corrected chi connectivity index (χ3v) is 12.8. The fraction of sp³-hybridized carbons (Fsp3) is 0.293. The SMILES string of the molecule is CCc1ccc(N2C(=O)[C@H]3[C@H](CC=C4[C@H]3C[C@H]3C(=O)N(Nc5ncc(C(F)(F)F)cc5Cl)C(=O)[C@@]3(c3ccc(Cl)cc3)[C@H]4c3cc(Br)cc(OC)c3O)C2=O)cc1. The third kappa shape index (κ3) is 6.01. The standard InChI is InChI=1S/C41H32BrCl2F3N4O6/c1-3-19-4-10-24(11-5-19)50-36(53)26-13-12-25-27(32(26)38(50)55)17-29-37(54)51(49-35-30(44)14-21(18-48-35)41(45,46)47)39(56)40(29,20-6-8-23(43)9-7-20)33(25)28-15-22(42)16-31(57-2)34(28)52/h4-12,14-16,18,26-27,29,32-33,52H,3,13,17H2,1-2H3,(H,48,49)/t26-,27+,29-,32-,33+,40+/m0/s1. The molecule has 4 aromatic rings. The molecule has 2 N–H and O–H groups in total. The minimum Gasteiger partial charge on any atom is -0.504 e. The number of nitrogens with zero attached hydrogens (tertiary/aromatic N) is 3. The Labute approximate surface area is 342 Å². The summed E-state index contributed by atoms with van der Waals surface area (Å²) in [4.78, 5) is 64.1. The highest BCUT2D eigenvalue weighted by molar-refractivity contribution is 9.10. The normalized spacial score (nSPS) is 25.6. The Morgan fingerprint density at radius 1 is 0.982 bits per heavy atom. The van der Waals surface area contributed by atoms with Crippen LogP contribution in [0.4, 0.5) is 24.7 Å². The number of aromatic nitrogens is 1. The number of phenolic OH excluding ortho intramolecular Hbond substituents is 1. The Kier molecular flexibility index (Phi) is 9.68. The van der Waals surface area contributed by atoms with Crippen molar-refractivity contribution in [2.24, 2.45) is 23.7 Å². The Morgan fingerprint density at radius 2 is 1.68 bits per heavy atom. The first kappa shape index (κ1) is 38.9. The molecule has 57 heavy (non-hydrogen) atoms. The molecule has 0 bridgehead atoms. The van der Waals surface area contributed by atoms with Gasteiger partial charge in [0.05, 0.1) is 46.6 Å². The van der Waals surface area contributed by atoms with Crippen LogP contribution in [0.1, 0.15) is 47.9 Å². The van der Waals surface area contributed by atoms with Gasteiger partial charge in [0.15, 0.2) is 17.3 Å². The summed E-state index contributed by atoms with van der Waals surface area (Å²) in [7, 11) is 1.36. The first-order chi connectivity index (χ1) is 27.1. The zero-order chi connectivity index (χ0) is 40.7. The van der Waals surface area contributed by atoms with Crippen molar-refractivity contribution in [2.45, 2.75) is 43.7 Å². The molecule has 3 fully saturated rings. The van der Waals surface area contributed by atoms with E-state index in [1.165, 1.54) is 18.1 Å². The van der Waals surface area contributed by atoms with E-state index in [-0.39, 0.29) is 35.8 Å². The van der Waals surface area contributed by atoms with Crippen LogP contribution >= 0.6 is 39.1 Å². The van der Waals surface area contributed by atoms with Crippen LogP contribution in [0.2, 0.25) is 10.0 Å². The van der Waals surface area contributed by atoms with Gasteiger partial charge < -0.3 is 9.84 Å². The smallest absolute Gasteiger partial charge is 0.417 e. The molecular weight excluding hydrogens is 852 g/mol. The number of halogens is 6. The number of nitrogens with one attached hydrogen (secondary N) is 1. The van der Waals surface area contributed by atoms with Crippen LogP contribution < -0.4 is 15.1 Å². The molecule has 10 nitrogen and oxygen atoms in total. The molecule has 1 aromatic heterocycles. The second-order valence-corrected chi connectivity index (χ2v) is 16.3. The maximum Gasteiger partial charge on any atom is 0.417 e. The number of aromatic hydroxyl groups is 1. The second-order valence-electron chi connectivity index (χ2n) is 14.5. The number of anilines is 2. The largest absolute Gasteiger partial charge is 0.504 e. The second kappa shape index (κ2) is 14.2. The van der Waals surface area contributed by atoms with Crippen LogP contribution in [0.5, 0.6) is 11.5 Å². The molecular formula is C41H32BrCl2F3N4O6. The summed E-state index contributed by atoms with van der Waals surface area (Å²) >= 11 is 16.1. The van der Waals surface area contributed by atoms with Gasteiger partial charge in [0.1, 0.15) is 0 Å². The van der Waals surface area contributed by atoms with Gasteiger partial charge in [-0.15, -0.1) is 0 Å². The highest BCUT2D eigenvalue weighted by Crippen LogP contribution is 2.65. The van der Waals surface area contributed by atoms with E-state index in [1.54, 1.807) is 42.5 Å². The van der Waals surface area contributed by atoms with E-state index in [0.29, 0.717) is 43.6 Å². The minimum absolute atomic E-state index is 0.0555. The van der Waals surface area contributed by atoms with Crippen molar-refractivity contribution in [3.63, 3.8) is 0 Å². The topological polar surface area (TPSA) is 129 Å². The molecule has 0 spiro atoms. The van der Waals surface area contributed by atoms with Gasteiger partial charge in [0.2, 0.25) is 11.8 Å². The molecule has 0 radical (unpaired) electrons. The molecule has 8 rings (SSSR count). The van der Waals surface area contributed by atoms with Crippen molar-refractivity contribution in [3.05, 3.63) is 121 Å². The molecule has 2 saturated heterocycles. The number of aryl methyl sites for hydroxylation is 1. The fourth-order valence-electron chi connectivity index (χ4n) is 9.23. The Balaban J connectivity index is 1.33. The van der Waals surface area contributed by atoms with Gasteiger partial charge in [0.25, 0.3) is 11.8 Å². The van der Waals surface area contributed by atoms with Crippen molar-refractivity contribution in [2.75, 3.05) is 17.4 Å². The van der Waals surface area contributed by atoms with E-state index in [2.05, 4.69) is 26.3 Å². The van der Waals surface area contributed by atoms with E-state index in [1.807, 2.05) is 25.1 Å². The number of benzene rings is 3. The number of pyridine rings is 1. The molecule has 2 aliphatic heterocycles. The predicted octanol–water partition coefficient (Wildman–Crippen LogP) is 8.64. The number of carbonyl (C=O) groups is 4. The van der Waals surface area contributed by atoms with Gasteiger partial charge in [0, 0.05) is 27.2 Å². The summed E-state index contributed by atoms with van der Waals surface area (Å²) in [6.07, 6.45) is -1.61. The molecule has 4 aliphatic rings. The number of fused-ring (bicyclic) bond motifs is 4. The molecule has 16 heteroatoms. The van der Waals surface area contributed by atoms with Crippen molar-refractivity contribution in [3.8, 4) is 11.5 Å². The lowest BCUT2D eigenvalue weighted by molar-refractivity contribution is -0.139. The number of allylic oxidation sites excluding steroid dienone is 2. The van der Waals surface area contributed by atoms with E-state index in [0.717, 1.165) is 12.0 Å². The summed E-state index contributed by atoms with van der Waals surface area (Å²) < 4.78 is 46.6. The van der Waals surface area contributed by atoms with Crippen molar-refractivity contribution >= 4 is 74.3 Å². The van der Waals surface area contributed by atoms with E-state index < -0.39 is 75.3 Å². The average molecular weight is 885 g/mol. The number of phenols is 1. The molecule has 4 amide bonds. The number of amides is 4. The number of hydrogen-bond acceptors (Lipinski definition) is 8. The number of carbonyl (C=O) groups excluding carboxylic acids is 4. The van der Waals surface area contributed by atoms with Gasteiger partial charge in [-0.2, -0.15) is 18.2 Å². The van der Waals surface area contributed by atoms with Gasteiger partial charge in [-0.05, 0) is 78.8 Å². The van der Waals surface area contributed by atoms with Crippen LogP contribution in [0.3, 0.4) is 0 Å². The number of ether oxygens (including phenoxy) is 1. The van der Waals surface area contributed by atoms with E-state index >= 15 is 4.79 Å². The number of alkyl halides is 3. The first-order valence-electron chi connectivity index (χ1n) is 18.0. The molecule has 6 atom stereocenters. The number of hydrazine groups is 1. The summed E-state index contributed by atoms with van der Waals surface area (Å²) in [5.74, 6) is -8.01. The van der Waals surface area contributed by atoms with Crippen LogP contribution in [0, 0.1) is 23.7 Å². The number of imide groups is 2. The van der Waals surface area contributed by atoms with Gasteiger partial charge >= 0.3 is 6.18 Å². The zero-order valence-corrected chi connectivity index (χ0v) is 33.2. The first-order valence-corrected chi connectivity index (χ1v) is 19.5. The maximum atomic E-state index is 15.4. The lowest BCUT2D eigenvalue weighted by Gasteiger charge is -2.50. The van der Waals surface area contributed by atoms with Crippen molar-refractivity contribution < 1.29 is 42.2 Å². The van der Waals surface area contributed by atoms with Gasteiger partial charge in [-0.1, -0.05) is 82.0 Å². The van der Waals surface area contributed by atoms with Crippen molar-refractivity contribution in [1.29, 1.82) is 0 Å². The summed E-state index contributed by atoms with van der Waals surface area (Å²) in [5.41, 5.74) is 2.12. The fourth-order valence-corrected chi connectivity index (χ4v) is 10.0. The van der Waals surface area contributed by atoms with E-state index in [9.17, 15) is 32.7 Å². The van der Waals surface area contributed by atoms with Crippen LogP contribution in [0.25, 0.3) is 0 Å². The number of hydrogen-bond donors (Lipinski definition) is 2. The predicted molar refractivity (Wildman–Crippen MR) is 208 cm³/mol. The molecule has 294 valence electrons. The third-order valence-electron chi connectivity index (χ3n) is 11.8. The molecule has 3 heterocycles. The number of rotatable bonds is 7. The summed E-state index contributed by atoms with van der Waals surface area (Å²) in [6.45, 7) is 1.99. The summed E-state index contributed by atoms with van der Waals surface area (Å²) in [6, 6.07) is 17.2. The molecule has 0 unspecified atom stereocenters. The Hall–Kier alpha value is -4.92. The molecule has 2 aliphatic carbocycles. The Morgan fingerprint density at radius 3 is 2.32 bits per heavy atom. The lowest BCUT2D eigenvalue weighted by atomic mass is 9.49. The highest BCUT2D eigenvalue weighted by atomic mass is 79.9. The van der Waals surface area contributed by atoms with Gasteiger partial charge in [-0.3, -0.25) is 29.5 Å². The summed E-state index contributed by atoms with van der Waals surface area (Å²) in [5, 5.41) is 12.4. The average Bonchev–Trinajstić information content (AvgIpc) is 3.56. The monoisotopic (exact) mass is 882 g/mol. The molecule has 3 aromatic carbocycles. The zero-order valence-electron chi connectivity index (χ0n) is 30.1. The quantitative estimate of drug-likeness (QED) is 0.140. The Bertz CT molecular complexity index is 2400. The van der Waals surface area contributed by atoms with Crippen LogP contribution in [0.15, 0.2) is 89.0 Å². The van der Waals surface area contributed by atoms with E-state index in [4.69, 9.17) is 27.9 Å². The van der Waals surface area contributed by atoms with Crippen LogP contribution in [-0.2, 0) is 37.2 Å². The van der Waals surface area contributed by atoms with Crippen molar-refractivity contribution in [1.82, 2.24) is 9.99 Å². The number of methoxy groups -OCH3 is 1. The molecule has 1 saturated carbocycles. The maximum absolute atomic E-state index is 15.4. The van der Waals surface area contributed by atoms with Crippen LogP contribution in [-0.4, -0.2) is 45.8 Å².